The molecule has 7 nitrogen and oxygen atoms in total. The average Bonchev–Trinajstić information content (AvgIpc) is 2.84. The monoisotopic (exact) mass is 296 g/mol. The number of nitrogens with two attached hydrogens (primary N) is 1. The van der Waals surface area contributed by atoms with Crippen LogP contribution >= 0.6 is 0 Å². The second-order valence-electron chi connectivity index (χ2n) is 5.85. The zero-order valence-corrected chi connectivity index (χ0v) is 12.3. The van der Waals surface area contributed by atoms with Crippen LogP contribution in [0.3, 0.4) is 0 Å². The van der Waals surface area contributed by atoms with Crippen molar-refractivity contribution in [3.63, 3.8) is 0 Å². The molecule has 0 unspecified atom stereocenters. The van der Waals surface area contributed by atoms with Gasteiger partial charge in [0, 0.05) is 13.0 Å². The molecule has 3 amide bonds. The van der Waals surface area contributed by atoms with E-state index in [2.05, 4.69) is 5.32 Å². The lowest BCUT2D eigenvalue weighted by Gasteiger charge is -2.30. The molecular formula is C14H24N4O3. The van der Waals surface area contributed by atoms with E-state index in [0.29, 0.717) is 25.4 Å². The number of rotatable bonds is 5. The van der Waals surface area contributed by atoms with Crippen LogP contribution in [-0.2, 0) is 14.4 Å². The minimum Gasteiger partial charge on any atom is -0.333 e. The first-order valence-corrected chi connectivity index (χ1v) is 7.61. The van der Waals surface area contributed by atoms with E-state index in [9.17, 15) is 14.4 Å². The van der Waals surface area contributed by atoms with Gasteiger partial charge < -0.3 is 10.6 Å². The van der Waals surface area contributed by atoms with E-state index in [1.54, 1.807) is 0 Å². The molecule has 21 heavy (non-hydrogen) atoms. The number of hydrogen-bond acceptors (Lipinski definition) is 5. The third-order valence-electron chi connectivity index (χ3n) is 4.19. The molecule has 0 radical (unpaired) electrons. The van der Waals surface area contributed by atoms with Crippen molar-refractivity contribution in [2.45, 2.75) is 25.7 Å². The van der Waals surface area contributed by atoms with Crippen molar-refractivity contribution in [1.82, 2.24) is 15.1 Å². The van der Waals surface area contributed by atoms with Crippen molar-refractivity contribution in [2.75, 3.05) is 39.3 Å². The van der Waals surface area contributed by atoms with Crippen molar-refractivity contribution >= 4 is 17.7 Å². The smallest absolute Gasteiger partial charge is 0.246 e. The SMILES string of the molecule is NCC1CCN(CC(=O)NC(=O)CN2CCCC2=O)CC1. The maximum absolute atomic E-state index is 11.8. The number of amides is 3. The molecule has 2 fully saturated rings. The Morgan fingerprint density at radius 1 is 1.14 bits per heavy atom. The Balaban J connectivity index is 1.67. The standard InChI is InChI=1S/C14H24N4O3/c15-8-11-3-6-17(7-4-11)9-12(19)16-13(20)10-18-5-1-2-14(18)21/h11H,1-10,15H2,(H,16,19,20). The highest BCUT2D eigenvalue weighted by Gasteiger charge is 2.24. The molecular weight excluding hydrogens is 272 g/mol. The van der Waals surface area contributed by atoms with E-state index in [0.717, 1.165) is 32.4 Å². The maximum atomic E-state index is 11.8. The van der Waals surface area contributed by atoms with E-state index >= 15 is 0 Å². The topological polar surface area (TPSA) is 95.7 Å². The Hall–Kier alpha value is -1.47. The predicted octanol–water partition coefficient (Wildman–Crippen LogP) is -1.08. The van der Waals surface area contributed by atoms with Crippen molar-refractivity contribution in [3.05, 3.63) is 0 Å². The van der Waals surface area contributed by atoms with Gasteiger partial charge in [-0.05, 0) is 44.8 Å². The van der Waals surface area contributed by atoms with Crippen molar-refractivity contribution in [1.29, 1.82) is 0 Å². The van der Waals surface area contributed by atoms with Crippen LogP contribution in [0.4, 0.5) is 0 Å². The number of imide groups is 1. The molecule has 118 valence electrons. The fraction of sp³-hybridized carbons (Fsp3) is 0.786. The highest BCUT2D eigenvalue weighted by molar-refractivity contribution is 5.98. The summed E-state index contributed by atoms with van der Waals surface area (Å²) in [6, 6.07) is 0. The first-order valence-electron chi connectivity index (χ1n) is 7.61. The third-order valence-corrected chi connectivity index (χ3v) is 4.19. The molecule has 0 bridgehead atoms. The van der Waals surface area contributed by atoms with Gasteiger partial charge in [-0.15, -0.1) is 0 Å². The van der Waals surface area contributed by atoms with Crippen LogP contribution < -0.4 is 11.1 Å². The van der Waals surface area contributed by atoms with Gasteiger partial charge in [0.1, 0.15) is 0 Å². The Kier molecular flexibility index (Phi) is 5.69. The van der Waals surface area contributed by atoms with Crippen LogP contribution in [0.25, 0.3) is 0 Å². The number of hydrogen-bond donors (Lipinski definition) is 2. The molecule has 0 atom stereocenters. The Bertz CT molecular complexity index is 405. The van der Waals surface area contributed by atoms with Crippen molar-refractivity contribution < 1.29 is 14.4 Å². The van der Waals surface area contributed by atoms with Crippen molar-refractivity contribution in [3.8, 4) is 0 Å². The maximum Gasteiger partial charge on any atom is 0.246 e. The van der Waals surface area contributed by atoms with Crippen molar-refractivity contribution in [2.24, 2.45) is 11.7 Å². The summed E-state index contributed by atoms with van der Waals surface area (Å²) in [7, 11) is 0. The van der Waals surface area contributed by atoms with Gasteiger partial charge in [0.25, 0.3) is 0 Å². The fourth-order valence-corrected chi connectivity index (χ4v) is 2.86. The number of piperidine rings is 1. The zero-order chi connectivity index (χ0) is 15.2. The highest BCUT2D eigenvalue weighted by atomic mass is 16.2. The summed E-state index contributed by atoms with van der Waals surface area (Å²) >= 11 is 0. The Morgan fingerprint density at radius 2 is 1.81 bits per heavy atom. The number of carbonyl (C=O) groups is 3. The van der Waals surface area contributed by atoms with E-state index in [1.165, 1.54) is 4.90 Å². The molecule has 2 aliphatic heterocycles. The van der Waals surface area contributed by atoms with Gasteiger partial charge in [-0.3, -0.25) is 24.6 Å². The van der Waals surface area contributed by atoms with E-state index in [-0.39, 0.29) is 24.9 Å². The van der Waals surface area contributed by atoms with Gasteiger partial charge in [0.15, 0.2) is 0 Å². The molecule has 2 heterocycles. The highest BCUT2D eigenvalue weighted by Crippen LogP contribution is 2.15. The van der Waals surface area contributed by atoms with Gasteiger partial charge in [-0.1, -0.05) is 0 Å². The Morgan fingerprint density at radius 3 is 2.38 bits per heavy atom. The van der Waals surface area contributed by atoms with Crippen LogP contribution in [0.1, 0.15) is 25.7 Å². The van der Waals surface area contributed by atoms with E-state index in [4.69, 9.17) is 5.73 Å². The first kappa shape index (κ1) is 15.9. The van der Waals surface area contributed by atoms with Gasteiger partial charge in [0.2, 0.25) is 17.7 Å². The average molecular weight is 296 g/mol. The van der Waals surface area contributed by atoms with Gasteiger partial charge in [0.05, 0.1) is 13.1 Å². The summed E-state index contributed by atoms with van der Waals surface area (Å²) in [5.41, 5.74) is 5.63. The van der Waals surface area contributed by atoms with Gasteiger partial charge in [-0.25, -0.2) is 0 Å². The van der Waals surface area contributed by atoms with E-state index in [1.807, 2.05) is 4.90 Å². The summed E-state index contributed by atoms with van der Waals surface area (Å²) in [4.78, 5) is 38.5. The lowest BCUT2D eigenvalue weighted by Crippen LogP contribution is -2.46. The summed E-state index contributed by atoms with van der Waals surface area (Å²) in [6.07, 6.45) is 3.29. The molecule has 0 aromatic rings. The summed E-state index contributed by atoms with van der Waals surface area (Å²) in [5, 5.41) is 2.36. The molecule has 2 saturated heterocycles. The minimum absolute atomic E-state index is 0.0125. The molecule has 0 aromatic heterocycles. The lowest BCUT2D eigenvalue weighted by molar-refractivity contribution is -0.136. The summed E-state index contributed by atoms with van der Waals surface area (Å²) < 4.78 is 0. The van der Waals surface area contributed by atoms with E-state index < -0.39 is 5.91 Å². The molecule has 0 aliphatic carbocycles. The molecule has 0 saturated carbocycles. The number of carbonyl (C=O) groups excluding carboxylic acids is 3. The van der Waals surface area contributed by atoms with Crippen LogP contribution in [0.15, 0.2) is 0 Å². The third kappa shape index (κ3) is 4.78. The molecule has 0 aromatic carbocycles. The number of nitrogens with zero attached hydrogens (tertiary/aromatic N) is 2. The molecule has 3 N–H and O–H groups in total. The number of nitrogens with one attached hydrogen (secondary N) is 1. The summed E-state index contributed by atoms with van der Waals surface area (Å²) in [5.74, 6) is -0.154. The second kappa shape index (κ2) is 7.51. The normalized spacial score (nSPS) is 20.8. The predicted molar refractivity (Wildman–Crippen MR) is 77.2 cm³/mol. The fourth-order valence-electron chi connectivity index (χ4n) is 2.86. The molecule has 7 heteroatoms. The minimum atomic E-state index is -0.396. The number of likely N-dealkylation sites (tertiary alicyclic amines) is 2. The van der Waals surface area contributed by atoms with Crippen LogP contribution in [0, 0.1) is 5.92 Å². The van der Waals surface area contributed by atoms with Crippen LogP contribution in [-0.4, -0.2) is 66.8 Å². The largest absolute Gasteiger partial charge is 0.333 e. The van der Waals surface area contributed by atoms with Crippen LogP contribution in [0.5, 0.6) is 0 Å². The lowest BCUT2D eigenvalue weighted by atomic mass is 9.97. The van der Waals surface area contributed by atoms with Gasteiger partial charge in [-0.2, -0.15) is 0 Å². The Labute approximate surface area is 124 Å². The molecule has 0 spiro atoms. The molecule has 2 rings (SSSR count). The quantitative estimate of drug-likeness (QED) is 0.673. The second-order valence-corrected chi connectivity index (χ2v) is 5.85. The first-order chi connectivity index (χ1) is 10.1. The zero-order valence-electron chi connectivity index (χ0n) is 12.3. The van der Waals surface area contributed by atoms with Crippen LogP contribution in [0.2, 0.25) is 0 Å². The van der Waals surface area contributed by atoms with Gasteiger partial charge >= 0.3 is 0 Å². The molecule has 2 aliphatic rings. The summed E-state index contributed by atoms with van der Waals surface area (Å²) in [6.45, 7) is 3.20.